The van der Waals surface area contributed by atoms with E-state index >= 15 is 0 Å². The summed E-state index contributed by atoms with van der Waals surface area (Å²) in [6.45, 7) is 1.96. The lowest BCUT2D eigenvalue weighted by atomic mass is 9.94. The van der Waals surface area contributed by atoms with E-state index in [4.69, 9.17) is 14.0 Å². The van der Waals surface area contributed by atoms with Crippen molar-refractivity contribution in [2.24, 2.45) is 0 Å². The Balaban J connectivity index is 1.48. The highest BCUT2D eigenvalue weighted by Gasteiger charge is 2.36. The largest absolute Gasteiger partial charge is 0.454 e. The van der Waals surface area contributed by atoms with Crippen molar-refractivity contribution in [2.45, 2.75) is 13.0 Å². The molecule has 0 saturated carbocycles. The summed E-state index contributed by atoms with van der Waals surface area (Å²) in [6, 6.07) is 19.6. The molecule has 0 fully saturated rings. The first-order valence-electron chi connectivity index (χ1n) is 10.9. The van der Waals surface area contributed by atoms with Crippen molar-refractivity contribution in [3.05, 3.63) is 95.8 Å². The molecule has 2 aliphatic heterocycles. The van der Waals surface area contributed by atoms with Gasteiger partial charge >= 0.3 is 6.03 Å². The number of hydrogen-bond donors (Lipinski definition) is 1. The van der Waals surface area contributed by atoms with Crippen molar-refractivity contribution in [2.75, 3.05) is 11.7 Å². The monoisotopic (exact) mass is 470 g/mol. The van der Waals surface area contributed by atoms with E-state index in [1.165, 1.54) is 17.0 Å². The Bertz CT molecular complexity index is 1470. The lowest BCUT2D eigenvalue weighted by Gasteiger charge is -2.35. The highest BCUT2D eigenvalue weighted by Crippen LogP contribution is 2.40. The molecule has 3 aromatic carbocycles. The summed E-state index contributed by atoms with van der Waals surface area (Å²) in [4.78, 5) is 19.3. The number of carbonyl (C=O) groups is 1. The van der Waals surface area contributed by atoms with Crippen molar-refractivity contribution in [1.29, 1.82) is 0 Å². The number of amides is 2. The summed E-state index contributed by atoms with van der Waals surface area (Å²) >= 11 is 0. The smallest absolute Gasteiger partial charge is 0.326 e. The summed E-state index contributed by atoms with van der Waals surface area (Å²) in [5.41, 5.74) is 3.08. The fraction of sp³-hybridized carbons (Fsp3) is 0.115. The maximum absolute atomic E-state index is 14.1. The number of benzene rings is 3. The molecule has 1 N–H and O–H groups in total. The molecule has 0 spiro atoms. The third-order valence-corrected chi connectivity index (χ3v) is 5.97. The number of rotatable bonds is 4. The number of urea groups is 1. The quantitative estimate of drug-likeness (QED) is 0.435. The molecule has 2 aliphatic rings. The second-order valence-electron chi connectivity index (χ2n) is 8.10. The van der Waals surface area contributed by atoms with E-state index in [1.807, 2.05) is 36.4 Å². The van der Waals surface area contributed by atoms with Gasteiger partial charge in [0.15, 0.2) is 11.5 Å². The van der Waals surface area contributed by atoms with Crippen LogP contribution in [0.15, 0.2) is 83.0 Å². The van der Waals surface area contributed by atoms with Gasteiger partial charge in [-0.1, -0.05) is 35.5 Å². The third kappa shape index (κ3) is 3.67. The molecule has 1 unspecified atom stereocenters. The number of carbonyl (C=O) groups excluding carboxylic acids is 1. The zero-order valence-electron chi connectivity index (χ0n) is 18.6. The lowest BCUT2D eigenvalue weighted by Crippen LogP contribution is -2.46. The Morgan fingerprint density at radius 1 is 1.00 bits per heavy atom. The first kappa shape index (κ1) is 20.9. The van der Waals surface area contributed by atoms with E-state index in [2.05, 4.69) is 15.5 Å². The standard InChI is InChI=1S/C26H19FN4O4/c1-15-22(25-29-24(30-35-25)17-10-11-20-21(13-17)34-14-33-20)23(16-6-5-7-18(27)12-16)28-26(32)31(15)19-8-3-2-4-9-19/h2-13,23H,14H2,1H3,(H,28,32). The minimum absolute atomic E-state index is 0.159. The SMILES string of the molecule is CC1=C(c2nc(-c3ccc4c(c3)OCO4)no2)C(c2cccc(F)c2)NC(=O)N1c1ccccc1. The van der Waals surface area contributed by atoms with Gasteiger partial charge in [-0.15, -0.1) is 0 Å². The van der Waals surface area contributed by atoms with Gasteiger partial charge in [-0.25, -0.2) is 9.18 Å². The second-order valence-corrected chi connectivity index (χ2v) is 8.10. The van der Waals surface area contributed by atoms with Crippen LogP contribution in [0.1, 0.15) is 24.4 Å². The topological polar surface area (TPSA) is 89.7 Å². The number of para-hydroxylation sites is 1. The van der Waals surface area contributed by atoms with Crippen LogP contribution in [-0.2, 0) is 0 Å². The van der Waals surface area contributed by atoms with Crippen LogP contribution < -0.4 is 19.7 Å². The van der Waals surface area contributed by atoms with Crippen LogP contribution in [0.5, 0.6) is 11.5 Å². The fourth-order valence-corrected chi connectivity index (χ4v) is 4.33. The highest BCUT2D eigenvalue weighted by atomic mass is 19.1. The molecular weight excluding hydrogens is 451 g/mol. The Labute approximate surface area is 199 Å². The van der Waals surface area contributed by atoms with Gasteiger partial charge in [0.1, 0.15) is 5.82 Å². The Morgan fingerprint density at radius 3 is 2.66 bits per heavy atom. The Kier molecular flexibility index (Phi) is 4.95. The molecule has 0 radical (unpaired) electrons. The number of fused-ring (bicyclic) bond motifs is 1. The van der Waals surface area contributed by atoms with Gasteiger partial charge in [0, 0.05) is 11.3 Å². The van der Waals surface area contributed by atoms with Crippen molar-refractivity contribution < 1.29 is 23.2 Å². The normalized spacial score (nSPS) is 17.0. The second kappa shape index (κ2) is 8.28. The maximum Gasteiger partial charge on any atom is 0.326 e. The lowest BCUT2D eigenvalue weighted by molar-refractivity contribution is 0.174. The zero-order chi connectivity index (χ0) is 23.9. The number of aromatic nitrogens is 2. The first-order valence-corrected chi connectivity index (χ1v) is 10.9. The number of anilines is 1. The van der Waals surface area contributed by atoms with E-state index in [1.54, 1.807) is 31.2 Å². The number of nitrogens with one attached hydrogen (secondary N) is 1. The molecule has 8 nitrogen and oxygen atoms in total. The van der Waals surface area contributed by atoms with E-state index < -0.39 is 11.9 Å². The third-order valence-electron chi connectivity index (χ3n) is 5.97. The predicted molar refractivity (Wildman–Crippen MR) is 125 cm³/mol. The van der Waals surface area contributed by atoms with Gasteiger partial charge < -0.3 is 19.3 Å². The van der Waals surface area contributed by atoms with Crippen molar-refractivity contribution >= 4 is 17.3 Å². The molecule has 0 aliphatic carbocycles. The zero-order valence-corrected chi connectivity index (χ0v) is 18.6. The number of ether oxygens (including phenoxy) is 2. The first-order chi connectivity index (χ1) is 17.1. The number of hydrogen-bond acceptors (Lipinski definition) is 6. The Hall–Kier alpha value is -4.66. The van der Waals surface area contributed by atoms with Crippen LogP contribution in [0.25, 0.3) is 17.0 Å². The minimum atomic E-state index is -0.691. The number of nitrogens with zero attached hydrogens (tertiary/aromatic N) is 3. The van der Waals surface area contributed by atoms with Crippen LogP contribution >= 0.6 is 0 Å². The molecule has 1 atom stereocenters. The van der Waals surface area contributed by atoms with Gasteiger partial charge in [-0.2, -0.15) is 4.98 Å². The molecule has 2 amide bonds. The van der Waals surface area contributed by atoms with Gasteiger partial charge in [0.2, 0.25) is 12.6 Å². The highest BCUT2D eigenvalue weighted by molar-refractivity contribution is 6.01. The molecule has 174 valence electrons. The molecule has 0 bridgehead atoms. The van der Waals surface area contributed by atoms with Crippen LogP contribution in [-0.4, -0.2) is 23.0 Å². The molecule has 1 aromatic heterocycles. The van der Waals surface area contributed by atoms with Gasteiger partial charge in [0.25, 0.3) is 5.89 Å². The predicted octanol–water partition coefficient (Wildman–Crippen LogP) is 5.31. The van der Waals surface area contributed by atoms with E-state index in [-0.39, 0.29) is 18.7 Å². The van der Waals surface area contributed by atoms with E-state index in [0.29, 0.717) is 45.4 Å². The Morgan fingerprint density at radius 2 is 1.83 bits per heavy atom. The van der Waals surface area contributed by atoms with Crippen LogP contribution in [0.4, 0.5) is 14.9 Å². The van der Waals surface area contributed by atoms with E-state index in [9.17, 15) is 9.18 Å². The van der Waals surface area contributed by atoms with Gasteiger partial charge in [-0.3, -0.25) is 4.90 Å². The van der Waals surface area contributed by atoms with Crippen molar-refractivity contribution in [3.8, 4) is 22.9 Å². The molecule has 3 heterocycles. The average molecular weight is 470 g/mol. The van der Waals surface area contributed by atoms with Gasteiger partial charge in [-0.05, 0) is 55.0 Å². The van der Waals surface area contributed by atoms with Crippen LogP contribution in [0.2, 0.25) is 0 Å². The molecule has 6 rings (SSSR count). The number of allylic oxidation sites excluding steroid dienone is 1. The summed E-state index contributed by atoms with van der Waals surface area (Å²) in [7, 11) is 0. The number of halogens is 1. The molecule has 0 saturated heterocycles. The van der Waals surface area contributed by atoms with E-state index in [0.717, 1.165) is 0 Å². The summed E-state index contributed by atoms with van der Waals surface area (Å²) in [5.74, 6) is 1.40. The van der Waals surface area contributed by atoms with Gasteiger partial charge in [0.05, 0.1) is 17.3 Å². The molecule has 9 heteroatoms. The molecule has 35 heavy (non-hydrogen) atoms. The van der Waals surface area contributed by atoms with Crippen molar-refractivity contribution in [1.82, 2.24) is 15.5 Å². The fourth-order valence-electron chi connectivity index (χ4n) is 4.33. The van der Waals surface area contributed by atoms with Crippen LogP contribution in [0.3, 0.4) is 0 Å². The summed E-state index contributed by atoms with van der Waals surface area (Å²) in [6.07, 6.45) is 0. The molecular formula is C26H19FN4O4. The maximum atomic E-state index is 14.1. The molecule has 4 aromatic rings. The van der Waals surface area contributed by atoms with Crippen molar-refractivity contribution in [3.63, 3.8) is 0 Å². The summed E-state index contributed by atoms with van der Waals surface area (Å²) < 4.78 is 30.6. The van der Waals surface area contributed by atoms with Crippen LogP contribution in [0, 0.1) is 5.82 Å². The summed E-state index contributed by atoms with van der Waals surface area (Å²) in [5, 5.41) is 7.13. The average Bonchev–Trinajstić information content (AvgIpc) is 3.54. The minimum Gasteiger partial charge on any atom is -0.454 e.